The van der Waals surface area contributed by atoms with Crippen LogP contribution in [0, 0.1) is 0 Å². The third kappa shape index (κ3) is 11.9. The van der Waals surface area contributed by atoms with Gasteiger partial charge >= 0.3 is 29.0 Å². The topological polar surface area (TPSA) is 37.3 Å². The summed E-state index contributed by atoms with van der Waals surface area (Å²) in [7, 11) is -0.823. The van der Waals surface area contributed by atoms with Crippen LogP contribution in [-0.2, 0) is 4.79 Å². The van der Waals surface area contributed by atoms with E-state index in [1.807, 2.05) is 18.8 Å². The molecule has 0 fully saturated rings. The van der Waals surface area contributed by atoms with Crippen LogP contribution >= 0.6 is 10.0 Å². The van der Waals surface area contributed by atoms with Gasteiger partial charge in [0.2, 0.25) is 0 Å². The molecule has 0 atom stereocenters. The van der Waals surface area contributed by atoms with Crippen LogP contribution in [0.15, 0.2) is 0 Å². The average molecular weight is 163 g/mol. The van der Waals surface area contributed by atoms with Crippen LogP contribution in [0.25, 0.3) is 0 Å². The SMILES string of the molecule is CS(C)(C)CC(=O)O.[MgH2]. The molecule has 0 aliphatic rings. The molecule has 0 rings (SSSR count). The maximum Gasteiger partial charge on any atom is 0.316 e. The Bertz CT molecular complexity index is 97.6. The van der Waals surface area contributed by atoms with Gasteiger partial charge in [-0.3, -0.25) is 4.79 Å². The van der Waals surface area contributed by atoms with Gasteiger partial charge in [-0.1, -0.05) is 0 Å². The maximum absolute atomic E-state index is 10.0. The fourth-order valence-electron chi connectivity index (χ4n) is 0.370. The maximum atomic E-state index is 10.0. The lowest BCUT2D eigenvalue weighted by Gasteiger charge is -2.21. The largest absolute Gasteiger partial charge is 0.481 e. The Kier molecular flexibility index (Phi) is 6.02. The molecule has 0 amide bonds. The lowest BCUT2D eigenvalue weighted by Crippen LogP contribution is -2.08. The Labute approximate surface area is 73.5 Å². The molecular formula is C5H14MgO2S. The number of carboxylic acids is 1. The van der Waals surface area contributed by atoms with E-state index < -0.39 is 16.0 Å². The summed E-state index contributed by atoms with van der Waals surface area (Å²) in [5.41, 5.74) is 0. The van der Waals surface area contributed by atoms with E-state index in [0.29, 0.717) is 5.75 Å². The second-order valence-electron chi connectivity index (χ2n) is 2.63. The van der Waals surface area contributed by atoms with E-state index in [9.17, 15) is 4.79 Å². The number of aliphatic carboxylic acids is 1. The van der Waals surface area contributed by atoms with Crippen LogP contribution in [0.2, 0.25) is 0 Å². The zero-order valence-electron chi connectivity index (χ0n) is 5.47. The molecule has 0 bridgehead atoms. The van der Waals surface area contributed by atoms with Gasteiger partial charge in [0.15, 0.2) is 0 Å². The number of carboxylic acid groups (broad SMARTS) is 1. The van der Waals surface area contributed by atoms with Crippen molar-refractivity contribution in [3.63, 3.8) is 0 Å². The highest BCUT2D eigenvalue weighted by molar-refractivity contribution is 8.32. The number of hydrogen-bond acceptors (Lipinski definition) is 1. The van der Waals surface area contributed by atoms with E-state index in [1.165, 1.54) is 0 Å². The molecule has 0 spiro atoms. The minimum Gasteiger partial charge on any atom is -0.481 e. The van der Waals surface area contributed by atoms with Crippen LogP contribution in [0.1, 0.15) is 0 Å². The highest BCUT2D eigenvalue weighted by Crippen LogP contribution is 2.33. The van der Waals surface area contributed by atoms with E-state index in [0.717, 1.165) is 0 Å². The lowest BCUT2D eigenvalue weighted by atomic mass is 10.8. The Morgan fingerprint density at radius 1 is 1.44 bits per heavy atom. The van der Waals surface area contributed by atoms with Crippen molar-refractivity contribution in [3.05, 3.63) is 0 Å². The molecule has 0 aliphatic heterocycles. The zero-order valence-corrected chi connectivity index (χ0v) is 6.29. The quantitative estimate of drug-likeness (QED) is 0.574. The average Bonchev–Trinajstić information content (AvgIpc) is 1.21. The molecule has 9 heavy (non-hydrogen) atoms. The molecule has 0 aromatic heterocycles. The summed E-state index contributed by atoms with van der Waals surface area (Å²) in [5, 5.41) is 8.27. The smallest absolute Gasteiger partial charge is 0.316 e. The first-order valence-corrected chi connectivity index (χ1v) is 5.32. The summed E-state index contributed by atoms with van der Waals surface area (Å²) in [6.45, 7) is 0. The minimum atomic E-state index is -0.823. The van der Waals surface area contributed by atoms with Gasteiger partial charge in [0.25, 0.3) is 0 Å². The summed E-state index contributed by atoms with van der Waals surface area (Å²) in [4.78, 5) is 10.0. The van der Waals surface area contributed by atoms with Crippen molar-refractivity contribution < 1.29 is 9.90 Å². The third-order valence-electron chi connectivity index (χ3n) is 0.556. The van der Waals surface area contributed by atoms with Gasteiger partial charge in [-0.05, 0) is 18.8 Å². The van der Waals surface area contributed by atoms with Crippen LogP contribution in [0.5, 0.6) is 0 Å². The van der Waals surface area contributed by atoms with Crippen molar-refractivity contribution in [2.45, 2.75) is 0 Å². The van der Waals surface area contributed by atoms with Gasteiger partial charge in [-0.2, -0.15) is 0 Å². The standard InChI is InChI=1S/C5H12O2S.Mg.2H/c1-8(2,3)4-5(6)7;;;/h4H2,1-3H3,(H,6,7);;;. The van der Waals surface area contributed by atoms with Crippen molar-refractivity contribution in [1.29, 1.82) is 0 Å². The van der Waals surface area contributed by atoms with Gasteiger partial charge in [-0.25, -0.2) is 10.0 Å². The first kappa shape index (κ1) is 12.3. The molecular weight excluding hydrogens is 148 g/mol. The molecule has 2 nitrogen and oxygen atoms in total. The monoisotopic (exact) mass is 162 g/mol. The van der Waals surface area contributed by atoms with Crippen molar-refractivity contribution in [2.75, 3.05) is 24.5 Å². The van der Waals surface area contributed by atoms with Gasteiger partial charge in [0, 0.05) is 0 Å². The molecule has 0 aromatic rings. The normalized spacial score (nSPS) is 11.9. The first-order valence-electron chi connectivity index (χ1n) is 2.29. The fourth-order valence-corrected chi connectivity index (χ4v) is 1.11. The van der Waals surface area contributed by atoms with Crippen molar-refractivity contribution in [3.8, 4) is 0 Å². The fraction of sp³-hybridized carbons (Fsp3) is 0.800. The van der Waals surface area contributed by atoms with Gasteiger partial charge < -0.3 is 5.11 Å². The summed E-state index contributed by atoms with van der Waals surface area (Å²) in [5.74, 6) is -0.361. The Morgan fingerprint density at radius 3 is 1.78 bits per heavy atom. The van der Waals surface area contributed by atoms with E-state index in [2.05, 4.69) is 0 Å². The van der Waals surface area contributed by atoms with Crippen molar-refractivity contribution in [1.82, 2.24) is 0 Å². The Balaban J connectivity index is 0. The second kappa shape index (κ2) is 4.41. The van der Waals surface area contributed by atoms with Gasteiger partial charge in [-0.15, -0.1) is 0 Å². The van der Waals surface area contributed by atoms with E-state index >= 15 is 0 Å². The van der Waals surface area contributed by atoms with Gasteiger partial charge in [0.05, 0.1) is 5.75 Å². The highest BCUT2D eigenvalue weighted by Gasteiger charge is 2.07. The summed E-state index contributed by atoms with van der Waals surface area (Å²) >= 11 is 0. The number of carbonyl (C=O) groups is 1. The van der Waals surface area contributed by atoms with Crippen LogP contribution in [0.4, 0.5) is 0 Å². The third-order valence-corrected chi connectivity index (χ3v) is 1.67. The number of hydrogen-bond donors (Lipinski definition) is 1. The van der Waals surface area contributed by atoms with Crippen LogP contribution in [-0.4, -0.2) is 58.6 Å². The zero-order chi connectivity index (χ0) is 6.78. The molecule has 0 unspecified atom stereocenters. The van der Waals surface area contributed by atoms with Crippen LogP contribution in [0.3, 0.4) is 0 Å². The molecule has 0 saturated heterocycles. The van der Waals surface area contributed by atoms with E-state index in [4.69, 9.17) is 5.11 Å². The molecule has 0 heterocycles. The summed E-state index contributed by atoms with van der Waals surface area (Å²) in [6, 6.07) is 0. The second-order valence-corrected chi connectivity index (χ2v) is 7.10. The summed E-state index contributed by atoms with van der Waals surface area (Å²) < 4.78 is 0. The van der Waals surface area contributed by atoms with Crippen molar-refractivity contribution >= 4 is 39.1 Å². The van der Waals surface area contributed by atoms with Gasteiger partial charge in [0.1, 0.15) is 0 Å². The predicted molar refractivity (Wildman–Crippen MR) is 46.4 cm³/mol. The molecule has 0 aromatic carbocycles. The molecule has 4 heteroatoms. The van der Waals surface area contributed by atoms with E-state index in [-0.39, 0.29) is 23.1 Å². The predicted octanol–water partition coefficient (Wildman–Crippen LogP) is -0.151. The number of rotatable bonds is 2. The minimum absolute atomic E-state index is 0. The first-order chi connectivity index (χ1) is 3.42. The molecule has 0 radical (unpaired) electrons. The molecule has 1 N–H and O–H groups in total. The molecule has 0 saturated carbocycles. The van der Waals surface area contributed by atoms with Crippen molar-refractivity contribution in [2.24, 2.45) is 0 Å². The Morgan fingerprint density at radius 2 is 1.78 bits per heavy atom. The molecule has 0 aliphatic carbocycles. The highest BCUT2D eigenvalue weighted by atomic mass is 32.3. The molecule has 54 valence electrons. The van der Waals surface area contributed by atoms with E-state index in [1.54, 1.807) is 0 Å². The Hall–Kier alpha value is 0.586. The van der Waals surface area contributed by atoms with Crippen LogP contribution < -0.4 is 0 Å². The lowest BCUT2D eigenvalue weighted by molar-refractivity contribution is -0.133. The summed E-state index contributed by atoms with van der Waals surface area (Å²) in [6.07, 6.45) is 5.96.